The Morgan fingerprint density at radius 3 is 2.83 bits per heavy atom. The van der Waals surface area contributed by atoms with Gasteiger partial charge in [-0.15, -0.1) is 11.3 Å². The summed E-state index contributed by atoms with van der Waals surface area (Å²) in [6.45, 7) is 7.22. The molecule has 2 rings (SSSR count). The van der Waals surface area contributed by atoms with E-state index in [4.69, 9.17) is 0 Å². The molecule has 1 N–H and O–H groups in total. The van der Waals surface area contributed by atoms with E-state index in [9.17, 15) is 9.59 Å². The summed E-state index contributed by atoms with van der Waals surface area (Å²) in [7, 11) is 0. The molecule has 0 saturated carbocycles. The fourth-order valence-electron chi connectivity index (χ4n) is 2.75. The number of hydrogen-bond acceptors (Lipinski definition) is 4. The van der Waals surface area contributed by atoms with Gasteiger partial charge in [-0.2, -0.15) is 0 Å². The smallest absolute Gasteiger partial charge is 0.228 e. The zero-order valence-corrected chi connectivity index (χ0v) is 15.1. The molecule has 23 heavy (non-hydrogen) atoms. The highest BCUT2D eigenvalue weighted by Gasteiger charge is 2.24. The van der Waals surface area contributed by atoms with Crippen LogP contribution in [0.25, 0.3) is 0 Å². The topological polar surface area (TPSA) is 62.3 Å². The van der Waals surface area contributed by atoms with Crippen LogP contribution in [-0.2, 0) is 16.0 Å². The summed E-state index contributed by atoms with van der Waals surface area (Å²) in [5.41, 5.74) is 0.747. The van der Waals surface area contributed by atoms with E-state index < -0.39 is 0 Å². The second-order valence-electron chi connectivity index (χ2n) is 6.74. The maximum Gasteiger partial charge on any atom is 0.228 e. The molecule has 2 amide bonds. The van der Waals surface area contributed by atoms with Crippen LogP contribution < -0.4 is 10.2 Å². The number of anilines is 1. The maximum absolute atomic E-state index is 12.1. The minimum absolute atomic E-state index is 0.00615. The van der Waals surface area contributed by atoms with Crippen molar-refractivity contribution in [3.8, 4) is 0 Å². The van der Waals surface area contributed by atoms with Crippen LogP contribution in [0, 0.1) is 5.92 Å². The number of carbonyl (C=O) groups excluding carboxylic acids is 2. The third-order valence-electron chi connectivity index (χ3n) is 4.01. The first-order valence-corrected chi connectivity index (χ1v) is 9.37. The molecule has 1 fully saturated rings. The van der Waals surface area contributed by atoms with Crippen LogP contribution in [0.5, 0.6) is 0 Å². The molecule has 1 aliphatic heterocycles. The summed E-state index contributed by atoms with van der Waals surface area (Å²) in [4.78, 5) is 30.0. The van der Waals surface area contributed by atoms with Gasteiger partial charge in [0.15, 0.2) is 5.13 Å². The molecule has 1 aromatic heterocycles. The third-order valence-corrected chi connectivity index (χ3v) is 4.92. The Hall–Kier alpha value is -1.43. The van der Waals surface area contributed by atoms with E-state index in [1.807, 2.05) is 12.3 Å². The number of carbonyl (C=O) groups is 2. The lowest BCUT2D eigenvalue weighted by Crippen LogP contribution is -2.33. The molecule has 0 radical (unpaired) electrons. The predicted molar refractivity (Wildman–Crippen MR) is 93.7 cm³/mol. The lowest BCUT2D eigenvalue weighted by Gasteiger charge is -2.14. The Morgan fingerprint density at radius 2 is 2.17 bits per heavy atom. The minimum atomic E-state index is 0.00615. The first-order chi connectivity index (χ1) is 11.0. The van der Waals surface area contributed by atoms with Gasteiger partial charge in [0.25, 0.3) is 0 Å². The van der Waals surface area contributed by atoms with Crippen LogP contribution in [0.1, 0.15) is 58.6 Å². The molecule has 1 unspecified atom stereocenters. The van der Waals surface area contributed by atoms with Crippen molar-refractivity contribution in [3.63, 3.8) is 0 Å². The van der Waals surface area contributed by atoms with Gasteiger partial charge in [0.2, 0.25) is 11.8 Å². The fourth-order valence-corrected chi connectivity index (χ4v) is 3.61. The zero-order valence-electron chi connectivity index (χ0n) is 14.3. The normalized spacial score (nSPS) is 16.2. The van der Waals surface area contributed by atoms with Crippen molar-refractivity contribution >= 4 is 28.3 Å². The number of nitrogens with one attached hydrogen (secondary N) is 1. The van der Waals surface area contributed by atoms with E-state index in [0.29, 0.717) is 12.3 Å². The summed E-state index contributed by atoms with van der Waals surface area (Å²) in [6, 6.07) is 0.194. The Bertz CT molecular complexity index is 542. The average molecular weight is 337 g/mol. The lowest BCUT2D eigenvalue weighted by molar-refractivity contribution is -0.121. The Morgan fingerprint density at radius 1 is 1.39 bits per heavy atom. The van der Waals surface area contributed by atoms with E-state index >= 15 is 0 Å². The van der Waals surface area contributed by atoms with Gasteiger partial charge in [-0.3, -0.25) is 14.5 Å². The molecule has 0 aromatic carbocycles. The van der Waals surface area contributed by atoms with Crippen LogP contribution in [0.15, 0.2) is 5.38 Å². The summed E-state index contributed by atoms with van der Waals surface area (Å²) in [6.07, 6.45) is 5.11. The predicted octanol–water partition coefficient (Wildman–Crippen LogP) is 3.14. The minimum Gasteiger partial charge on any atom is -0.353 e. The van der Waals surface area contributed by atoms with Crippen molar-refractivity contribution in [1.82, 2.24) is 10.3 Å². The average Bonchev–Trinajstić information content (AvgIpc) is 3.06. The highest BCUT2D eigenvalue weighted by Crippen LogP contribution is 2.25. The first-order valence-electron chi connectivity index (χ1n) is 8.50. The SMILES string of the molecule is CC(C)CCCC(C)NC(=O)Cc1csc(N2CCCC2=O)n1. The van der Waals surface area contributed by atoms with E-state index in [-0.39, 0.29) is 24.3 Å². The molecular formula is C17H27N3O2S. The van der Waals surface area contributed by atoms with Crippen molar-refractivity contribution < 1.29 is 9.59 Å². The van der Waals surface area contributed by atoms with E-state index in [1.165, 1.54) is 17.8 Å². The van der Waals surface area contributed by atoms with E-state index in [2.05, 4.69) is 24.1 Å². The lowest BCUT2D eigenvalue weighted by atomic mass is 10.0. The van der Waals surface area contributed by atoms with Crippen molar-refractivity contribution in [2.24, 2.45) is 5.92 Å². The van der Waals surface area contributed by atoms with Gasteiger partial charge < -0.3 is 5.32 Å². The van der Waals surface area contributed by atoms with Gasteiger partial charge >= 0.3 is 0 Å². The number of hydrogen-bond donors (Lipinski definition) is 1. The number of nitrogens with zero attached hydrogens (tertiary/aromatic N) is 2. The fraction of sp³-hybridized carbons (Fsp3) is 0.706. The molecule has 0 bridgehead atoms. The molecule has 2 heterocycles. The Labute approximate surface area is 142 Å². The van der Waals surface area contributed by atoms with E-state index in [1.54, 1.807) is 4.90 Å². The zero-order chi connectivity index (χ0) is 16.8. The number of rotatable bonds is 8. The third kappa shape index (κ3) is 5.61. The van der Waals surface area contributed by atoms with Crippen molar-refractivity contribution in [2.75, 3.05) is 11.4 Å². The molecule has 1 saturated heterocycles. The number of thiazole rings is 1. The van der Waals surface area contributed by atoms with E-state index in [0.717, 1.165) is 36.6 Å². The number of amides is 2. The van der Waals surface area contributed by atoms with Gasteiger partial charge in [-0.1, -0.05) is 26.7 Å². The maximum atomic E-state index is 12.1. The molecular weight excluding hydrogens is 310 g/mol. The Balaban J connectivity index is 1.77. The molecule has 5 nitrogen and oxygen atoms in total. The van der Waals surface area contributed by atoms with Gasteiger partial charge in [0.1, 0.15) is 0 Å². The Kier molecular flexibility index (Phi) is 6.57. The summed E-state index contributed by atoms with van der Waals surface area (Å²) < 4.78 is 0. The highest BCUT2D eigenvalue weighted by atomic mass is 32.1. The summed E-state index contributed by atoms with van der Waals surface area (Å²) >= 11 is 1.44. The summed E-state index contributed by atoms with van der Waals surface area (Å²) in [5, 5.41) is 5.64. The molecule has 0 spiro atoms. The van der Waals surface area contributed by atoms with Gasteiger partial charge in [-0.25, -0.2) is 4.98 Å². The molecule has 128 valence electrons. The number of aromatic nitrogens is 1. The van der Waals surface area contributed by atoms with Crippen LogP contribution in [0.3, 0.4) is 0 Å². The van der Waals surface area contributed by atoms with Gasteiger partial charge in [0, 0.05) is 24.4 Å². The monoisotopic (exact) mass is 337 g/mol. The largest absolute Gasteiger partial charge is 0.353 e. The molecule has 1 aromatic rings. The standard InChI is InChI=1S/C17H27N3O2S/c1-12(2)6-4-7-13(3)18-15(21)10-14-11-23-17(19-14)20-9-5-8-16(20)22/h11-13H,4-10H2,1-3H3,(H,18,21). The second kappa shape index (κ2) is 8.43. The van der Waals surface area contributed by atoms with Crippen LogP contribution in [-0.4, -0.2) is 29.4 Å². The van der Waals surface area contributed by atoms with Crippen LogP contribution in [0.2, 0.25) is 0 Å². The molecule has 6 heteroatoms. The first kappa shape index (κ1) is 17.9. The quantitative estimate of drug-likeness (QED) is 0.792. The van der Waals surface area contributed by atoms with Crippen molar-refractivity contribution in [1.29, 1.82) is 0 Å². The molecule has 0 aliphatic carbocycles. The molecule has 1 atom stereocenters. The molecule has 1 aliphatic rings. The van der Waals surface area contributed by atoms with Crippen LogP contribution >= 0.6 is 11.3 Å². The van der Waals surface area contributed by atoms with Gasteiger partial charge in [0.05, 0.1) is 12.1 Å². The summed E-state index contributed by atoms with van der Waals surface area (Å²) in [5.74, 6) is 0.848. The van der Waals surface area contributed by atoms with Gasteiger partial charge in [-0.05, 0) is 25.7 Å². The highest BCUT2D eigenvalue weighted by molar-refractivity contribution is 7.14. The second-order valence-corrected chi connectivity index (χ2v) is 7.58. The van der Waals surface area contributed by atoms with Crippen LogP contribution in [0.4, 0.5) is 5.13 Å². The van der Waals surface area contributed by atoms with Crippen molar-refractivity contribution in [3.05, 3.63) is 11.1 Å². The van der Waals surface area contributed by atoms with Crippen molar-refractivity contribution in [2.45, 2.75) is 65.3 Å².